The van der Waals surface area contributed by atoms with Crippen molar-refractivity contribution in [2.75, 3.05) is 0 Å². The Morgan fingerprint density at radius 3 is 1.71 bits per heavy atom. The van der Waals surface area contributed by atoms with E-state index in [-0.39, 0.29) is 12.8 Å². The van der Waals surface area contributed by atoms with E-state index in [0.717, 1.165) is 64.2 Å². The molecule has 2 saturated heterocycles. The van der Waals surface area contributed by atoms with Crippen molar-refractivity contribution in [2.45, 2.75) is 191 Å². The molecule has 2 rings (SSSR count). The minimum atomic E-state index is -1.67. The zero-order valence-corrected chi connectivity index (χ0v) is 27.4. The summed E-state index contributed by atoms with van der Waals surface area (Å²) in [6, 6.07) is 0. The van der Waals surface area contributed by atoms with Gasteiger partial charge in [-0.2, -0.15) is 0 Å². The van der Waals surface area contributed by atoms with Crippen molar-refractivity contribution < 1.29 is 63.9 Å². The SMILES string of the molecule is CCCCCCCC(CC(=O)O)OC(=O)CC(CCCCCCC)OC1O[C@@H](C)[C@H](O)[C@@H](O)[C@H]1O[C@@H]1O[C@@H](C)[C@H](O)[C@@H](O)[C@H]1O. The molecule has 0 aliphatic carbocycles. The number of carbonyl (C=O) groups excluding carboxylic acids is 1. The molecule has 13 nitrogen and oxygen atoms in total. The molecule has 6 N–H and O–H groups in total. The second-order valence-electron chi connectivity index (χ2n) is 12.6. The molecule has 13 heteroatoms. The number of ether oxygens (including phenoxy) is 5. The third kappa shape index (κ3) is 13.3. The van der Waals surface area contributed by atoms with Crippen LogP contribution in [-0.2, 0) is 33.3 Å². The Morgan fingerprint density at radius 1 is 0.644 bits per heavy atom. The maximum Gasteiger partial charge on any atom is 0.308 e. The monoisotopic (exact) mass is 650 g/mol. The smallest absolute Gasteiger partial charge is 0.308 e. The van der Waals surface area contributed by atoms with Gasteiger partial charge >= 0.3 is 11.9 Å². The van der Waals surface area contributed by atoms with Crippen LogP contribution in [0.15, 0.2) is 0 Å². The van der Waals surface area contributed by atoms with Crippen LogP contribution in [0, 0.1) is 0 Å². The van der Waals surface area contributed by atoms with Crippen LogP contribution in [0.1, 0.15) is 118 Å². The minimum absolute atomic E-state index is 0.205. The first-order valence-corrected chi connectivity index (χ1v) is 16.8. The van der Waals surface area contributed by atoms with Gasteiger partial charge in [-0.15, -0.1) is 0 Å². The van der Waals surface area contributed by atoms with Crippen LogP contribution in [0.2, 0.25) is 0 Å². The standard InChI is InChI=1S/C32H58O13/c1-5-7-9-11-13-15-21(17-23(33)34)43-24(35)18-22(16-14-12-10-8-6-2)44-32-30(28(39)26(37)20(4)42-32)45-31-29(40)27(38)25(36)19(3)41-31/h19-22,25-32,36-40H,5-18H2,1-4H3,(H,33,34)/t19-,20-,21?,22?,25-,26-,27+,28+,29+,30+,31-,32?/m0/s1. The summed E-state index contributed by atoms with van der Waals surface area (Å²) in [6.07, 6.45) is -5.07. The molecule has 0 radical (unpaired) electrons. The Kier molecular flexibility index (Phi) is 18.3. The lowest BCUT2D eigenvalue weighted by Gasteiger charge is -2.46. The molecule has 0 aromatic heterocycles. The van der Waals surface area contributed by atoms with Gasteiger partial charge in [-0.05, 0) is 33.1 Å². The van der Waals surface area contributed by atoms with Crippen molar-refractivity contribution >= 4 is 11.9 Å². The van der Waals surface area contributed by atoms with Crippen molar-refractivity contribution in [3.63, 3.8) is 0 Å². The number of rotatable bonds is 21. The lowest BCUT2D eigenvalue weighted by molar-refractivity contribution is -0.366. The molecule has 264 valence electrons. The topological polar surface area (TPSA) is 202 Å². The first-order chi connectivity index (χ1) is 21.4. The van der Waals surface area contributed by atoms with Crippen LogP contribution in [0.5, 0.6) is 0 Å². The number of carboxylic acids is 1. The van der Waals surface area contributed by atoms with E-state index in [1.807, 2.05) is 0 Å². The van der Waals surface area contributed by atoms with E-state index in [4.69, 9.17) is 23.7 Å². The molecule has 12 atom stereocenters. The highest BCUT2D eigenvalue weighted by molar-refractivity contribution is 5.72. The zero-order chi connectivity index (χ0) is 33.5. The maximum absolute atomic E-state index is 13.1. The van der Waals surface area contributed by atoms with Gasteiger partial charge in [0.1, 0.15) is 42.7 Å². The van der Waals surface area contributed by atoms with Crippen LogP contribution in [0.25, 0.3) is 0 Å². The van der Waals surface area contributed by atoms with Crippen molar-refractivity contribution in [1.82, 2.24) is 0 Å². The number of hydrogen-bond acceptors (Lipinski definition) is 12. The van der Waals surface area contributed by atoms with Gasteiger partial charge in [0.15, 0.2) is 12.6 Å². The second kappa shape index (κ2) is 20.7. The number of aliphatic hydroxyl groups excluding tert-OH is 5. The van der Waals surface area contributed by atoms with Gasteiger partial charge in [0.05, 0.1) is 31.2 Å². The fourth-order valence-electron chi connectivity index (χ4n) is 5.71. The first-order valence-electron chi connectivity index (χ1n) is 16.8. The number of aliphatic carboxylic acids is 1. The number of hydrogen-bond donors (Lipinski definition) is 6. The quantitative estimate of drug-likeness (QED) is 0.0782. The van der Waals surface area contributed by atoms with E-state index in [1.165, 1.54) is 6.92 Å². The summed E-state index contributed by atoms with van der Waals surface area (Å²) in [5.41, 5.74) is 0. The van der Waals surface area contributed by atoms with Crippen LogP contribution in [0.3, 0.4) is 0 Å². The highest BCUT2D eigenvalue weighted by atomic mass is 16.8. The van der Waals surface area contributed by atoms with Gasteiger partial charge in [0, 0.05) is 0 Å². The minimum Gasteiger partial charge on any atom is -0.481 e. The van der Waals surface area contributed by atoms with E-state index in [2.05, 4.69) is 13.8 Å². The van der Waals surface area contributed by atoms with Crippen molar-refractivity contribution in [3.8, 4) is 0 Å². The lowest BCUT2D eigenvalue weighted by Crippen LogP contribution is -2.63. The van der Waals surface area contributed by atoms with Gasteiger partial charge in [-0.1, -0.05) is 71.6 Å². The largest absolute Gasteiger partial charge is 0.481 e. The summed E-state index contributed by atoms with van der Waals surface area (Å²) in [6.45, 7) is 7.24. The number of esters is 1. The predicted octanol–water partition coefficient (Wildman–Crippen LogP) is 2.55. The molecule has 2 heterocycles. The summed E-state index contributed by atoms with van der Waals surface area (Å²) in [5.74, 6) is -1.67. The summed E-state index contributed by atoms with van der Waals surface area (Å²) in [7, 11) is 0. The third-order valence-corrected chi connectivity index (χ3v) is 8.56. The zero-order valence-electron chi connectivity index (χ0n) is 27.4. The molecule has 3 unspecified atom stereocenters. The Balaban J connectivity index is 2.16. The van der Waals surface area contributed by atoms with E-state index in [9.17, 15) is 40.2 Å². The Hall–Kier alpha value is -1.42. The molecule has 0 saturated carbocycles. The maximum atomic E-state index is 13.1. The normalized spacial score (nSPS) is 33.4. The average molecular weight is 651 g/mol. The third-order valence-electron chi connectivity index (χ3n) is 8.56. The fraction of sp³-hybridized carbons (Fsp3) is 0.938. The highest BCUT2D eigenvalue weighted by Crippen LogP contribution is 2.31. The van der Waals surface area contributed by atoms with Gasteiger partial charge in [0.2, 0.25) is 0 Å². The molecule has 45 heavy (non-hydrogen) atoms. The summed E-state index contributed by atoms with van der Waals surface area (Å²) in [4.78, 5) is 24.6. The van der Waals surface area contributed by atoms with Gasteiger partial charge in [0.25, 0.3) is 0 Å². The van der Waals surface area contributed by atoms with E-state index >= 15 is 0 Å². The average Bonchev–Trinajstić information content (AvgIpc) is 2.98. The molecule has 2 aliphatic rings. The molecular weight excluding hydrogens is 592 g/mol. The van der Waals surface area contributed by atoms with E-state index < -0.39 is 85.6 Å². The summed E-state index contributed by atoms with van der Waals surface area (Å²) < 4.78 is 29.1. The molecule has 2 fully saturated rings. The van der Waals surface area contributed by atoms with Crippen LogP contribution in [0.4, 0.5) is 0 Å². The van der Waals surface area contributed by atoms with Gasteiger partial charge in [-0.25, -0.2) is 0 Å². The summed E-state index contributed by atoms with van der Waals surface area (Å²) >= 11 is 0. The number of unbranched alkanes of at least 4 members (excludes halogenated alkanes) is 8. The summed E-state index contributed by atoms with van der Waals surface area (Å²) in [5, 5.41) is 61.7. The molecule has 0 bridgehead atoms. The Morgan fingerprint density at radius 2 is 1.16 bits per heavy atom. The molecule has 0 aromatic carbocycles. The second-order valence-corrected chi connectivity index (χ2v) is 12.6. The Labute approximate surface area is 267 Å². The number of aliphatic hydroxyl groups is 5. The van der Waals surface area contributed by atoms with E-state index in [1.54, 1.807) is 6.92 Å². The van der Waals surface area contributed by atoms with E-state index in [0.29, 0.717) is 12.8 Å². The Bertz CT molecular complexity index is 844. The molecular formula is C32H58O13. The van der Waals surface area contributed by atoms with Gasteiger partial charge < -0.3 is 54.3 Å². The molecule has 0 spiro atoms. The molecule has 0 amide bonds. The number of carbonyl (C=O) groups is 2. The fourth-order valence-corrected chi connectivity index (χ4v) is 5.71. The first kappa shape index (κ1) is 39.8. The predicted molar refractivity (Wildman–Crippen MR) is 162 cm³/mol. The lowest BCUT2D eigenvalue weighted by atomic mass is 9.97. The van der Waals surface area contributed by atoms with Crippen LogP contribution >= 0.6 is 0 Å². The molecule has 2 aliphatic heterocycles. The van der Waals surface area contributed by atoms with Gasteiger partial charge in [-0.3, -0.25) is 9.59 Å². The molecule has 0 aromatic rings. The van der Waals surface area contributed by atoms with Crippen LogP contribution < -0.4 is 0 Å². The van der Waals surface area contributed by atoms with Crippen LogP contribution in [-0.4, -0.2) is 116 Å². The van der Waals surface area contributed by atoms with Crippen molar-refractivity contribution in [1.29, 1.82) is 0 Å². The number of carboxylic acid groups (broad SMARTS) is 1. The van der Waals surface area contributed by atoms with Crippen molar-refractivity contribution in [2.24, 2.45) is 0 Å². The highest BCUT2D eigenvalue weighted by Gasteiger charge is 2.50. The van der Waals surface area contributed by atoms with Crippen molar-refractivity contribution in [3.05, 3.63) is 0 Å².